The summed E-state index contributed by atoms with van der Waals surface area (Å²) in [6.07, 6.45) is 9.32. The maximum Gasteiger partial charge on any atom is 0.0378 e. The van der Waals surface area contributed by atoms with Crippen LogP contribution >= 0.6 is 12.6 Å². The van der Waals surface area contributed by atoms with Gasteiger partial charge < -0.3 is 0 Å². The lowest BCUT2D eigenvalue weighted by Gasteiger charge is -2.31. The summed E-state index contributed by atoms with van der Waals surface area (Å²) in [6.45, 7) is 0. The van der Waals surface area contributed by atoms with Crippen molar-refractivity contribution in [2.24, 2.45) is 0 Å². The van der Waals surface area contributed by atoms with Gasteiger partial charge in [-0.3, -0.25) is 0 Å². The standard InChI is InChI=1S/C14H20S/c15-14(13-9-5-4-6-10-13)11-7-2-1-3-8-12-14/h4-6,9-10,15H,1-3,7-8,11-12H2. The molecule has 0 spiro atoms. The molecule has 0 nitrogen and oxygen atoms in total. The van der Waals surface area contributed by atoms with Crippen molar-refractivity contribution in [2.45, 2.75) is 49.7 Å². The van der Waals surface area contributed by atoms with Crippen LogP contribution in [0.2, 0.25) is 0 Å². The van der Waals surface area contributed by atoms with Crippen LogP contribution in [0.4, 0.5) is 0 Å². The SMILES string of the molecule is SC1(c2ccccc2)CCCCCCC1. The van der Waals surface area contributed by atoms with E-state index in [1.165, 1.54) is 50.5 Å². The topological polar surface area (TPSA) is 0 Å². The van der Waals surface area contributed by atoms with Crippen molar-refractivity contribution in [3.8, 4) is 0 Å². The van der Waals surface area contributed by atoms with Crippen LogP contribution in [0, 0.1) is 0 Å². The van der Waals surface area contributed by atoms with Gasteiger partial charge in [-0.25, -0.2) is 0 Å². The Morgan fingerprint density at radius 1 is 0.800 bits per heavy atom. The molecule has 2 rings (SSSR count). The third-order valence-electron chi connectivity index (χ3n) is 3.49. The Hall–Kier alpha value is -0.430. The molecular weight excluding hydrogens is 200 g/mol. The summed E-state index contributed by atoms with van der Waals surface area (Å²) in [6, 6.07) is 10.8. The van der Waals surface area contributed by atoms with E-state index in [1.807, 2.05) is 0 Å². The van der Waals surface area contributed by atoms with Crippen molar-refractivity contribution < 1.29 is 0 Å². The summed E-state index contributed by atoms with van der Waals surface area (Å²) in [4.78, 5) is 0. The first kappa shape index (κ1) is 11.1. The Balaban J connectivity index is 2.15. The molecule has 82 valence electrons. The lowest BCUT2D eigenvalue weighted by atomic mass is 9.85. The van der Waals surface area contributed by atoms with Crippen molar-refractivity contribution in [3.05, 3.63) is 35.9 Å². The maximum atomic E-state index is 4.96. The zero-order chi connectivity index (χ0) is 10.6. The molecule has 1 saturated carbocycles. The van der Waals surface area contributed by atoms with Gasteiger partial charge in [-0.1, -0.05) is 62.4 Å². The molecular formula is C14H20S. The zero-order valence-electron chi connectivity index (χ0n) is 9.28. The molecule has 1 fully saturated rings. The van der Waals surface area contributed by atoms with Gasteiger partial charge in [0, 0.05) is 4.75 Å². The second-order valence-corrected chi connectivity index (χ2v) is 5.52. The highest BCUT2D eigenvalue weighted by molar-refractivity contribution is 7.81. The molecule has 0 heterocycles. The highest BCUT2D eigenvalue weighted by Crippen LogP contribution is 2.40. The number of rotatable bonds is 1. The van der Waals surface area contributed by atoms with Gasteiger partial charge in [0.1, 0.15) is 0 Å². The minimum atomic E-state index is 0.141. The molecule has 0 N–H and O–H groups in total. The van der Waals surface area contributed by atoms with Crippen LogP contribution in [0.5, 0.6) is 0 Å². The van der Waals surface area contributed by atoms with Gasteiger partial charge in [0.2, 0.25) is 0 Å². The molecule has 0 bridgehead atoms. The molecule has 15 heavy (non-hydrogen) atoms. The van der Waals surface area contributed by atoms with E-state index in [4.69, 9.17) is 12.6 Å². The van der Waals surface area contributed by atoms with Crippen molar-refractivity contribution in [3.63, 3.8) is 0 Å². The molecule has 1 aromatic rings. The van der Waals surface area contributed by atoms with Gasteiger partial charge in [0.05, 0.1) is 0 Å². The second-order valence-electron chi connectivity index (χ2n) is 4.67. The van der Waals surface area contributed by atoms with Crippen LogP contribution in [0.15, 0.2) is 30.3 Å². The Morgan fingerprint density at radius 3 is 1.93 bits per heavy atom. The lowest BCUT2D eigenvalue weighted by molar-refractivity contribution is 0.426. The van der Waals surface area contributed by atoms with Crippen LogP contribution in [0.1, 0.15) is 50.5 Å². The molecule has 1 heteroatoms. The zero-order valence-corrected chi connectivity index (χ0v) is 10.2. The first-order valence-electron chi connectivity index (χ1n) is 6.09. The van der Waals surface area contributed by atoms with E-state index in [0.717, 1.165) is 0 Å². The van der Waals surface area contributed by atoms with Gasteiger partial charge in [-0.15, -0.1) is 0 Å². The summed E-state index contributed by atoms with van der Waals surface area (Å²) >= 11 is 4.96. The highest BCUT2D eigenvalue weighted by Gasteiger charge is 2.27. The molecule has 0 aromatic heterocycles. The normalized spacial score (nSPS) is 21.7. The predicted molar refractivity (Wildman–Crippen MR) is 69.4 cm³/mol. The summed E-state index contributed by atoms with van der Waals surface area (Å²) in [5, 5.41) is 0. The van der Waals surface area contributed by atoms with E-state index in [2.05, 4.69) is 30.3 Å². The number of hydrogen-bond acceptors (Lipinski definition) is 1. The second kappa shape index (κ2) is 5.07. The Morgan fingerprint density at radius 2 is 1.33 bits per heavy atom. The predicted octanol–water partition coefficient (Wildman–Crippen LogP) is 4.56. The van der Waals surface area contributed by atoms with Gasteiger partial charge in [0.15, 0.2) is 0 Å². The van der Waals surface area contributed by atoms with Crippen LogP contribution < -0.4 is 0 Å². The van der Waals surface area contributed by atoms with Crippen molar-refractivity contribution >= 4 is 12.6 Å². The Labute approximate surface area is 98.5 Å². The van der Waals surface area contributed by atoms with E-state index in [9.17, 15) is 0 Å². The molecule has 0 aliphatic heterocycles. The van der Waals surface area contributed by atoms with E-state index in [-0.39, 0.29) is 4.75 Å². The monoisotopic (exact) mass is 220 g/mol. The number of thiol groups is 1. The largest absolute Gasteiger partial charge is 0.168 e. The summed E-state index contributed by atoms with van der Waals surface area (Å²) in [7, 11) is 0. The average molecular weight is 220 g/mol. The van der Waals surface area contributed by atoms with Crippen LogP contribution in [0.25, 0.3) is 0 Å². The van der Waals surface area contributed by atoms with Crippen molar-refractivity contribution in [1.29, 1.82) is 0 Å². The summed E-state index contributed by atoms with van der Waals surface area (Å²) in [5.74, 6) is 0. The van der Waals surface area contributed by atoms with Crippen LogP contribution in [-0.4, -0.2) is 0 Å². The highest BCUT2D eigenvalue weighted by atomic mass is 32.1. The van der Waals surface area contributed by atoms with E-state index >= 15 is 0 Å². The minimum absolute atomic E-state index is 0.141. The maximum absolute atomic E-state index is 4.96. The first-order valence-corrected chi connectivity index (χ1v) is 6.54. The summed E-state index contributed by atoms with van der Waals surface area (Å²) < 4.78 is 0.141. The summed E-state index contributed by atoms with van der Waals surface area (Å²) in [5.41, 5.74) is 1.41. The molecule has 0 unspecified atom stereocenters. The third-order valence-corrected chi connectivity index (χ3v) is 4.20. The average Bonchev–Trinajstić information content (AvgIpc) is 2.25. The molecule has 0 amide bonds. The van der Waals surface area contributed by atoms with Crippen LogP contribution in [0.3, 0.4) is 0 Å². The van der Waals surface area contributed by atoms with Crippen molar-refractivity contribution in [1.82, 2.24) is 0 Å². The first-order chi connectivity index (χ1) is 7.31. The van der Waals surface area contributed by atoms with E-state index in [0.29, 0.717) is 0 Å². The molecule has 0 radical (unpaired) electrons. The lowest BCUT2D eigenvalue weighted by Crippen LogP contribution is -2.20. The fourth-order valence-corrected chi connectivity index (χ4v) is 2.99. The Bertz CT molecular complexity index is 283. The molecule has 1 aliphatic carbocycles. The number of hydrogen-bond donors (Lipinski definition) is 1. The van der Waals surface area contributed by atoms with Gasteiger partial charge in [0.25, 0.3) is 0 Å². The van der Waals surface area contributed by atoms with Gasteiger partial charge >= 0.3 is 0 Å². The molecule has 1 aromatic carbocycles. The minimum Gasteiger partial charge on any atom is -0.168 e. The fraction of sp³-hybridized carbons (Fsp3) is 0.571. The Kier molecular flexibility index (Phi) is 3.74. The smallest absolute Gasteiger partial charge is 0.0378 e. The van der Waals surface area contributed by atoms with Crippen LogP contribution in [-0.2, 0) is 4.75 Å². The molecule has 0 saturated heterocycles. The molecule has 0 atom stereocenters. The van der Waals surface area contributed by atoms with E-state index < -0.39 is 0 Å². The fourth-order valence-electron chi connectivity index (χ4n) is 2.53. The van der Waals surface area contributed by atoms with Gasteiger partial charge in [-0.2, -0.15) is 12.6 Å². The van der Waals surface area contributed by atoms with E-state index in [1.54, 1.807) is 0 Å². The quantitative estimate of drug-likeness (QED) is 0.659. The number of benzene rings is 1. The van der Waals surface area contributed by atoms with Gasteiger partial charge in [-0.05, 0) is 18.4 Å². The third kappa shape index (κ3) is 2.78. The molecule has 1 aliphatic rings. The van der Waals surface area contributed by atoms with Crippen molar-refractivity contribution in [2.75, 3.05) is 0 Å².